The average molecular weight is 279 g/mol. The van der Waals surface area contributed by atoms with Crippen LogP contribution in [0.4, 0.5) is 10.3 Å². The van der Waals surface area contributed by atoms with Gasteiger partial charge < -0.3 is 14.8 Å². The Morgan fingerprint density at radius 1 is 1.40 bits per heavy atom. The third-order valence-corrected chi connectivity index (χ3v) is 2.85. The maximum atomic E-state index is 13.4. The highest BCUT2D eigenvalue weighted by molar-refractivity contribution is 5.46. The molecule has 0 spiro atoms. The molecule has 0 fully saturated rings. The molecule has 1 N–H and O–H groups in total. The summed E-state index contributed by atoms with van der Waals surface area (Å²) in [4.78, 5) is 4.25. The van der Waals surface area contributed by atoms with Gasteiger partial charge in [-0.1, -0.05) is 0 Å². The summed E-state index contributed by atoms with van der Waals surface area (Å²) in [6, 6.07) is 4.79. The number of imidazole rings is 1. The van der Waals surface area contributed by atoms with Crippen molar-refractivity contribution in [3.05, 3.63) is 36.4 Å². The lowest BCUT2D eigenvalue weighted by Gasteiger charge is -2.15. The maximum absolute atomic E-state index is 13.4. The van der Waals surface area contributed by atoms with E-state index in [4.69, 9.17) is 9.47 Å². The summed E-state index contributed by atoms with van der Waals surface area (Å²) in [5.74, 6) is 0.480. The number of nitrogens with zero attached hydrogens (tertiary/aromatic N) is 2. The van der Waals surface area contributed by atoms with E-state index in [0.717, 1.165) is 5.69 Å². The zero-order valence-corrected chi connectivity index (χ0v) is 11.8. The highest BCUT2D eigenvalue weighted by Gasteiger charge is 2.10. The van der Waals surface area contributed by atoms with Crippen molar-refractivity contribution < 1.29 is 13.9 Å². The van der Waals surface area contributed by atoms with Crippen molar-refractivity contribution in [1.29, 1.82) is 0 Å². The fourth-order valence-electron chi connectivity index (χ4n) is 1.93. The third kappa shape index (κ3) is 3.08. The molecule has 0 amide bonds. The highest BCUT2D eigenvalue weighted by atomic mass is 19.1. The molecule has 5 nitrogen and oxygen atoms in total. The van der Waals surface area contributed by atoms with Gasteiger partial charge >= 0.3 is 0 Å². The molecule has 0 bridgehead atoms. The molecule has 0 saturated carbocycles. The Morgan fingerprint density at radius 2 is 2.20 bits per heavy atom. The lowest BCUT2D eigenvalue weighted by atomic mass is 10.3. The SMILES string of the molecule is COCC(C)Nc1nccn1-c1ccc(F)c(OC)c1. The molecule has 1 atom stereocenters. The van der Waals surface area contributed by atoms with Gasteiger partial charge in [0.25, 0.3) is 0 Å². The topological polar surface area (TPSA) is 48.3 Å². The van der Waals surface area contributed by atoms with Crippen LogP contribution in [0.5, 0.6) is 5.75 Å². The lowest BCUT2D eigenvalue weighted by Crippen LogP contribution is -2.22. The molecule has 0 aliphatic carbocycles. The van der Waals surface area contributed by atoms with Gasteiger partial charge in [-0.25, -0.2) is 9.37 Å². The maximum Gasteiger partial charge on any atom is 0.207 e. The smallest absolute Gasteiger partial charge is 0.207 e. The van der Waals surface area contributed by atoms with Crippen molar-refractivity contribution in [2.45, 2.75) is 13.0 Å². The van der Waals surface area contributed by atoms with Crippen LogP contribution in [-0.4, -0.2) is 36.4 Å². The molecule has 1 aromatic heterocycles. The largest absolute Gasteiger partial charge is 0.494 e. The van der Waals surface area contributed by atoms with Crippen molar-refractivity contribution in [2.24, 2.45) is 0 Å². The van der Waals surface area contributed by atoms with Crippen LogP contribution in [0.25, 0.3) is 5.69 Å². The van der Waals surface area contributed by atoms with Crippen molar-refractivity contribution in [1.82, 2.24) is 9.55 Å². The Hall–Kier alpha value is -2.08. The van der Waals surface area contributed by atoms with E-state index in [9.17, 15) is 4.39 Å². The molecule has 20 heavy (non-hydrogen) atoms. The van der Waals surface area contributed by atoms with Gasteiger partial charge in [0.15, 0.2) is 11.6 Å². The monoisotopic (exact) mass is 279 g/mol. The predicted molar refractivity (Wildman–Crippen MR) is 75.0 cm³/mol. The van der Waals surface area contributed by atoms with E-state index in [1.165, 1.54) is 13.2 Å². The van der Waals surface area contributed by atoms with E-state index >= 15 is 0 Å². The third-order valence-electron chi connectivity index (χ3n) is 2.85. The Bertz CT molecular complexity index is 571. The van der Waals surface area contributed by atoms with Crippen LogP contribution >= 0.6 is 0 Å². The first-order valence-corrected chi connectivity index (χ1v) is 6.28. The lowest BCUT2D eigenvalue weighted by molar-refractivity contribution is 0.190. The summed E-state index contributed by atoms with van der Waals surface area (Å²) in [6.07, 6.45) is 3.48. The minimum absolute atomic E-state index is 0.114. The Morgan fingerprint density at radius 3 is 2.90 bits per heavy atom. The van der Waals surface area contributed by atoms with Crippen molar-refractivity contribution >= 4 is 5.95 Å². The van der Waals surface area contributed by atoms with Crippen molar-refractivity contribution in [2.75, 3.05) is 26.1 Å². The van der Waals surface area contributed by atoms with Crippen LogP contribution < -0.4 is 10.1 Å². The molecule has 2 aromatic rings. The molecule has 0 aliphatic heterocycles. The second kappa shape index (κ2) is 6.38. The molecule has 6 heteroatoms. The van der Waals surface area contributed by atoms with Gasteiger partial charge in [0.2, 0.25) is 5.95 Å². The number of nitrogens with one attached hydrogen (secondary N) is 1. The van der Waals surface area contributed by atoms with Crippen LogP contribution in [0.2, 0.25) is 0 Å². The Kier molecular flexibility index (Phi) is 4.57. The number of hydrogen-bond acceptors (Lipinski definition) is 4. The Labute approximate surface area is 117 Å². The van der Waals surface area contributed by atoms with Crippen LogP contribution in [-0.2, 0) is 4.74 Å². The standard InChI is InChI=1S/C14H18FN3O2/c1-10(9-19-2)17-14-16-6-7-18(14)11-4-5-12(15)13(8-11)20-3/h4-8,10H,9H2,1-3H3,(H,16,17). The second-order valence-electron chi connectivity index (χ2n) is 4.44. The number of benzene rings is 1. The minimum atomic E-state index is -0.390. The van der Waals surface area contributed by atoms with Crippen LogP contribution in [0.1, 0.15) is 6.92 Å². The zero-order valence-electron chi connectivity index (χ0n) is 11.8. The van der Waals surface area contributed by atoms with Crippen LogP contribution in [0.3, 0.4) is 0 Å². The molecule has 1 aromatic carbocycles. The molecular weight excluding hydrogens is 261 g/mol. The fourth-order valence-corrected chi connectivity index (χ4v) is 1.93. The Balaban J connectivity index is 2.27. The number of methoxy groups -OCH3 is 2. The molecule has 0 aliphatic rings. The quantitative estimate of drug-likeness (QED) is 0.882. The fraction of sp³-hybridized carbons (Fsp3) is 0.357. The highest BCUT2D eigenvalue weighted by Crippen LogP contribution is 2.23. The van der Waals surface area contributed by atoms with E-state index in [1.54, 1.807) is 31.6 Å². The predicted octanol–water partition coefficient (Wildman–Crippen LogP) is 2.47. The number of halogens is 1. The summed E-state index contributed by atoms with van der Waals surface area (Å²) in [7, 11) is 3.09. The van der Waals surface area contributed by atoms with Gasteiger partial charge in [-0.15, -0.1) is 0 Å². The van der Waals surface area contributed by atoms with Gasteiger partial charge in [-0.05, 0) is 19.1 Å². The van der Waals surface area contributed by atoms with Gasteiger partial charge in [-0.2, -0.15) is 0 Å². The van der Waals surface area contributed by atoms with Gasteiger partial charge in [0.05, 0.1) is 19.4 Å². The summed E-state index contributed by atoms with van der Waals surface area (Å²) >= 11 is 0. The first kappa shape index (κ1) is 14.3. The summed E-state index contributed by atoms with van der Waals surface area (Å²) in [5, 5.41) is 3.23. The van der Waals surface area contributed by atoms with E-state index in [0.29, 0.717) is 12.6 Å². The molecule has 108 valence electrons. The zero-order chi connectivity index (χ0) is 14.5. The number of aromatic nitrogens is 2. The summed E-state index contributed by atoms with van der Waals surface area (Å²) in [6.45, 7) is 2.56. The van der Waals surface area contributed by atoms with Gasteiger partial charge in [0, 0.05) is 31.6 Å². The van der Waals surface area contributed by atoms with Crippen molar-refractivity contribution in [3.63, 3.8) is 0 Å². The molecule has 1 heterocycles. The average Bonchev–Trinajstić information content (AvgIpc) is 2.87. The first-order valence-electron chi connectivity index (χ1n) is 6.28. The van der Waals surface area contributed by atoms with E-state index in [-0.39, 0.29) is 11.8 Å². The van der Waals surface area contributed by atoms with Gasteiger partial charge in [-0.3, -0.25) is 4.57 Å². The van der Waals surface area contributed by atoms with E-state index < -0.39 is 5.82 Å². The molecule has 1 unspecified atom stereocenters. The number of rotatable bonds is 6. The number of ether oxygens (including phenoxy) is 2. The first-order chi connectivity index (χ1) is 9.65. The normalized spacial score (nSPS) is 12.2. The molecular formula is C14H18FN3O2. The van der Waals surface area contributed by atoms with Gasteiger partial charge in [0.1, 0.15) is 0 Å². The van der Waals surface area contributed by atoms with E-state index in [2.05, 4.69) is 10.3 Å². The molecule has 2 rings (SSSR count). The van der Waals surface area contributed by atoms with Crippen molar-refractivity contribution in [3.8, 4) is 11.4 Å². The van der Waals surface area contributed by atoms with Crippen LogP contribution in [0, 0.1) is 5.82 Å². The summed E-state index contributed by atoms with van der Waals surface area (Å²) < 4.78 is 25.3. The number of anilines is 1. The van der Waals surface area contributed by atoms with Crippen LogP contribution in [0.15, 0.2) is 30.6 Å². The summed E-state index contributed by atoms with van der Waals surface area (Å²) in [5.41, 5.74) is 0.771. The second-order valence-corrected chi connectivity index (χ2v) is 4.44. The van der Waals surface area contributed by atoms with E-state index in [1.807, 2.05) is 11.5 Å². The number of hydrogen-bond donors (Lipinski definition) is 1. The molecule has 0 saturated heterocycles. The molecule has 0 radical (unpaired) electrons. The minimum Gasteiger partial charge on any atom is -0.494 e.